The third kappa shape index (κ3) is 11.8. The molecule has 0 unspecified atom stereocenters. The zero-order valence-corrected chi connectivity index (χ0v) is 43.7. The highest BCUT2D eigenvalue weighted by molar-refractivity contribution is 7.93. The molecule has 2 fully saturated rings. The molecule has 0 saturated carbocycles. The number of nitrogens with zero attached hydrogens (tertiary/aromatic N) is 2. The van der Waals surface area contributed by atoms with E-state index in [0.29, 0.717) is 93.5 Å². The van der Waals surface area contributed by atoms with E-state index in [1.54, 1.807) is 6.07 Å². The van der Waals surface area contributed by atoms with Crippen LogP contribution in [0.5, 0.6) is 11.5 Å². The van der Waals surface area contributed by atoms with Gasteiger partial charge < -0.3 is 28.4 Å². The second kappa shape index (κ2) is 22.5. The van der Waals surface area contributed by atoms with Crippen LogP contribution in [0.4, 0.5) is 28.9 Å². The molecule has 4 aromatic carbocycles. The number of carbonyl (C=O) groups excluding carboxylic acids is 1. The zero-order valence-electron chi connectivity index (χ0n) is 42.1. The molecule has 0 N–H and O–H groups in total. The molecule has 4 aromatic rings. The van der Waals surface area contributed by atoms with Crippen LogP contribution in [0.25, 0.3) is 0 Å². The van der Waals surface area contributed by atoms with Crippen LogP contribution in [0.2, 0.25) is 0 Å². The summed E-state index contributed by atoms with van der Waals surface area (Å²) < 4.78 is 157. The molecule has 0 aliphatic carbocycles. The van der Waals surface area contributed by atoms with E-state index in [0.717, 1.165) is 39.5 Å². The first-order chi connectivity index (χ1) is 34.8. The van der Waals surface area contributed by atoms with E-state index >= 15 is 8.78 Å². The number of esters is 1. The molecule has 2 atom stereocenters. The lowest BCUT2D eigenvalue weighted by molar-refractivity contribution is 0.0130. The van der Waals surface area contributed by atoms with Crippen LogP contribution in [0, 0.1) is 11.8 Å². The van der Waals surface area contributed by atoms with Crippen molar-refractivity contribution >= 4 is 37.4 Å². The lowest BCUT2D eigenvalue weighted by Gasteiger charge is -2.39. The van der Waals surface area contributed by atoms with Crippen LogP contribution in [0.3, 0.4) is 0 Å². The molecular formula is C54H66F4N2O11S2. The smallest absolute Gasteiger partial charge is 0.341 e. The van der Waals surface area contributed by atoms with Crippen molar-refractivity contribution in [2.45, 2.75) is 139 Å². The third-order valence-electron chi connectivity index (χ3n) is 14.7. The summed E-state index contributed by atoms with van der Waals surface area (Å²) >= 11 is 0. The van der Waals surface area contributed by atoms with Gasteiger partial charge in [-0.1, -0.05) is 26.0 Å². The molecule has 4 heterocycles. The maximum Gasteiger partial charge on any atom is 0.341 e. The Morgan fingerprint density at radius 3 is 1.78 bits per heavy atom. The maximum atomic E-state index is 15.7. The summed E-state index contributed by atoms with van der Waals surface area (Å²) in [6, 6.07) is 14.1. The maximum absolute atomic E-state index is 15.7. The fourth-order valence-corrected chi connectivity index (χ4v) is 14.1. The predicted molar refractivity (Wildman–Crippen MR) is 267 cm³/mol. The zero-order chi connectivity index (χ0) is 52.3. The molecule has 4 aliphatic heterocycles. The summed E-state index contributed by atoms with van der Waals surface area (Å²) in [7, 11) is -7.59. The molecule has 0 bridgehead atoms. The van der Waals surface area contributed by atoms with Crippen LogP contribution < -0.4 is 18.1 Å². The van der Waals surface area contributed by atoms with Crippen molar-refractivity contribution in [3.8, 4) is 11.5 Å². The van der Waals surface area contributed by atoms with Crippen LogP contribution in [0.15, 0.2) is 76.5 Å². The first-order valence-corrected chi connectivity index (χ1v) is 28.1. The number of methoxy groups -OCH3 is 1. The molecule has 398 valence electrons. The number of carbonyl (C=O) groups is 1. The summed E-state index contributed by atoms with van der Waals surface area (Å²) in [5.74, 6) is -6.44. The monoisotopic (exact) mass is 1060 g/mol. The predicted octanol–water partition coefficient (Wildman–Crippen LogP) is 10.9. The third-order valence-corrected chi connectivity index (χ3v) is 18.4. The van der Waals surface area contributed by atoms with E-state index in [1.165, 1.54) is 76.4 Å². The first kappa shape index (κ1) is 54.3. The molecule has 4 aliphatic rings. The van der Waals surface area contributed by atoms with Crippen molar-refractivity contribution < 1.29 is 67.6 Å². The molecule has 8 rings (SSSR count). The lowest BCUT2D eigenvalue weighted by atomic mass is 9.88. The molecule has 0 radical (unpaired) electrons. The normalized spacial score (nSPS) is 19.3. The highest BCUT2D eigenvalue weighted by Crippen LogP contribution is 2.45. The van der Waals surface area contributed by atoms with Crippen LogP contribution in [-0.4, -0.2) is 81.6 Å². The van der Waals surface area contributed by atoms with E-state index in [4.69, 9.17) is 28.4 Å². The number of hydrogen-bond acceptors (Lipinski definition) is 11. The Morgan fingerprint density at radius 1 is 0.658 bits per heavy atom. The van der Waals surface area contributed by atoms with Gasteiger partial charge in [0.25, 0.3) is 31.9 Å². The fourth-order valence-electron chi connectivity index (χ4n) is 10.4. The van der Waals surface area contributed by atoms with Gasteiger partial charge in [-0.15, -0.1) is 0 Å². The molecule has 73 heavy (non-hydrogen) atoms. The Kier molecular flexibility index (Phi) is 16.7. The second-order valence-corrected chi connectivity index (χ2v) is 23.3. The van der Waals surface area contributed by atoms with Crippen LogP contribution in [0.1, 0.15) is 123 Å². The van der Waals surface area contributed by atoms with Crippen molar-refractivity contribution in [2.75, 3.05) is 55.4 Å². The summed E-state index contributed by atoms with van der Waals surface area (Å²) in [6.45, 7) is 7.52. The summed E-state index contributed by atoms with van der Waals surface area (Å²) in [5.41, 5.74) is 1.13. The Bertz CT molecular complexity index is 2840. The van der Waals surface area contributed by atoms with Gasteiger partial charge in [-0.2, -0.15) is 0 Å². The Morgan fingerprint density at radius 2 is 1.21 bits per heavy atom. The first-order valence-electron chi connectivity index (χ1n) is 25.2. The number of hydrogen-bond donors (Lipinski definition) is 0. The summed E-state index contributed by atoms with van der Waals surface area (Å²) in [6.07, 6.45) is 5.30. The highest BCUT2D eigenvalue weighted by Gasteiger charge is 2.41. The SMILES string of the molecule is CC[C@@H]1CCc2cc(C(C)(F)F)ccc2N1S(=O)(=O)c1ccc(OCC2CCOCC2)c(COCc2c(C(C)(F)F)ccc3c2CC[C@@H](CC)N3S(=O)(=O)c2ccc(OCC3CCOCC3)c(C(=O)OC)c2)c1. The van der Waals surface area contributed by atoms with Gasteiger partial charge >= 0.3 is 5.97 Å². The number of sulfonamides is 2. The van der Waals surface area contributed by atoms with E-state index in [9.17, 15) is 30.4 Å². The van der Waals surface area contributed by atoms with E-state index < -0.39 is 56.6 Å². The number of halogens is 4. The van der Waals surface area contributed by atoms with Gasteiger partial charge in [0.2, 0.25) is 0 Å². The van der Waals surface area contributed by atoms with Crippen molar-refractivity contribution in [3.05, 3.63) is 106 Å². The van der Waals surface area contributed by atoms with Gasteiger partial charge in [-0.05, 0) is 147 Å². The number of fused-ring (bicyclic) bond motifs is 2. The minimum atomic E-state index is -4.46. The Hall–Kier alpha value is -4.95. The Labute approximate surface area is 426 Å². The minimum Gasteiger partial charge on any atom is -0.493 e. The van der Waals surface area contributed by atoms with Gasteiger partial charge in [0.05, 0.1) is 54.7 Å². The summed E-state index contributed by atoms with van der Waals surface area (Å²) in [4.78, 5) is 12.8. The van der Waals surface area contributed by atoms with Crippen LogP contribution >= 0.6 is 0 Å². The summed E-state index contributed by atoms with van der Waals surface area (Å²) in [5, 5.41) is 0. The molecule has 0 spiro atoms. The van der Waals surface area contributed by atoms with E-state index in [-0.39, 0.29) is 74.8 Å². The van der Waals surface area contributed by atoms with Gasteiger partial charge in [0, 0.05) is 69.0 Å². The fraction of sp³-hybridized carbons (Fsp3) is 0.537. The van der Waals surface area contributed by atoms with E-state index in [2.05, 4.69) is 0 Å². The average Bonchev–Trinajstić information content (AvgIpc) is 3.38. The average molecular weight is 1060 g/mol. The molecule has 2 saturated heterocycles. The molecular weight excluding hydrogens is 993 g/mol. The van der Waals surface area contributed by atoms with Crippen molar-refractivity contribution in [1.82, 2.24) is 0 Å². The lowest BCUT2D eigenvalue weighted by Crippen LogP contribution is -2.44. The number of rotatable bonds is 19. The second-order valence-electron chi connectivity index (χ2n) is 19.7. The molecule has 0 aromatic heterocycles. The molecule has 13 nitrogen and oxygen atoms in total. The number of aryl methyl sites for hydroxylation is 1. The topological polar surface area (TPSA) is 147 Å². The molecule has 19 heteroatoms. The largest absolute Gasteiger partial charge is 0.493 e. The van der Waals surface area contributed by atoms with Gasteiger partial charge in [0.1, 0.15) is 17.1 Å². The van der Waals surface area contributed by atoms with Crippen LogP contribution in [-0.2, 0) is 76.9 Å². The number of anilines is 2. The number of alkyl halides is 4. The van der Waals surface area contributed by atoms with Gasteiger partial charge in [0.15, 0.2) is 0 Å². The van der Waals surface area contributed by atoms with Gasteiger partial charge in [-0.25, -0.2) is 39.2 Å². The van der Waals surface area contributed by atoms with Crippen molar-refractivity contribution in [1.29, 1.82) is 0 Å². The standard InChI is InChI=1S/C54H66F4N2O11S2/c1-6-40-10-8-37-28-39(53(3,55)56)9-16-48(37)59(40)72(62,63)42-12-18-50(70-31-35-20-24-67-25-21-35)38(29-42)33-69-34-46-44-14-11-41(7-2)60(49(44)17-15-47(46)54(4,57)58)73(64,65)43-13-19-51(45(30-43)52(61)66-5)71-32-36-22-26-68-27-23-36/h9,12-13,15-19,28-30,35-36,40-41H,6-8,10-11,14,20-27,31-34H2,1-5H3/t40-,41-/m1/s1. The quantitative estimate of drug-likeness (QED) is 0.0653. The highest BCUT2D eigenvalue weighted by atomic mass is 32.2. The number of benzene rings is 4. The Balaban J connectivity index is 1.12. The van der Waals surface area contributed by atoms with Crippen molar-refractivity contribution in [2.24, 2.45) is 11.8 Å². The molecule has 0 amide bonds. The van der Waals surface area contributed by atoms with E-state index in [1.807, 2.05) is 13.8 Å². The van der Waals surface area contributed by atoms with Crippen molar-refractivity contribution in [3.63, 3.8) is 0 Å². The minimum absolute atomic E-state index is 0.0761. The van der Waals surface area contributed by atoms with Gasteiger partial charge in [-0.3, -0.25) is 8.61 Å². The number of ether oxygens (including phenoxy) is 6.